The number of nitrogens with zero attached hydrogens (tertiary/aromatic N) is 1. The Balaban J connectivity index is 1.95. The van der Waals surface area contributed by atoms with Crippen LogP contribution < -0.4 is 5.56 Å². The number of hydrogen-bond donors (Lipinski definition) is 2. The summed E-state index contributed by atoms with van der Waals surface area (Å²) in [7, 11) is 0. The molecule has 1 unspecified atom stereocenters. The van der Waals surface area contributed by atoms with Gasteiger partial charge in [0.15, 0.2) is 0 Å². The molecule has 0 spiro atoms. The minimum Gasteiger partial charge on any atom is -0.349 e. The molecule has 3 aromatic rings. The molecule has 4 heteroatoms. The van der Waals surface area contributed by atoms with Crippen molar-refractivity contribution in [2.75, 3.05) is 0 Å². The Morgan fingerprint density at radius 1 is 1.25 bits per heavy atom. The van der Waals surface area contributed by atoms with Crippen molar-refractivity contribution in [1.82, 2.24) is 15.0 Å². The van der Waals surface area contributed by atoms with Gasteiger partial charge in [-0.3, -0.25) is 4.79 Å². The molecule has 2 N–H and O–H groups in total. The van der Waals surface area contributed by atoms with Crippen molar-refractivity contribution in [2.24, 2.45) is 0 Å². The molecule has 0 fully saturated rings. The lowest BCUT2D eigenvalue weighted by Gasteiger charge is -2.14. The highest BCUT2D eigenvalue weighted by Gasteiger charge is 2.12. The second kappa shape index (κ2) is 5.33. The van der Waals surface area contributed by atoms with Crippen molar-refractivity contribution in [3.05, 3.63) is 64.5 Å². The molecule has 2 heterocycles. The van der Waals surface area contributed by atoms with Crippen LogP contribution in [-0.2, 0) is 6.42 Å². The van der Waals surface area contributed by atoms with Gasteiger partial charge in [-0.2, -0.15) is 0 Å². The molecule has 0 aliphatic rings. The smallest absolute Gasteiger partial charge is 0.248 e. The highest BCUT2D eigenvalue weighted by Crippen LogP contribution is 2.25. The third-order valence-corrected chi connectivity index (χ3v) is 3.71. The van der Waals surface area contributed by atoms with E-state index < -0.39 is 0 Å². The second-order valence-electron chi connectivity index (χ2n) is 5.01. The third-order valence-electron chi connectivity index (χ3n) is 3.71. The van der Waals surface area contributed by atoms with E-state index in [1.54, 1.807) is 12.3 Å². The van der Waals surface area contributed by atoms with Gasteiger partial charge in [0, 0.05) is 30.4 Å². The fraction of sp³-hybridized carbons (Fsp3) is 0.250. The normalized spacial score (nSPS) is 12.7. The number of H-pyrrole nitrogens is 2. The number of rotatable bonds is 4. The standard InChI is InChI=1S/C16H17N3O/c1-2-11(10-15-17-7-8-18-15)12-3-5-14-13(9-12)4-6-16(20)19-14/h3-9,11H,2,10H2,1H3,(H,17,18)(H,19,20). The van der Waals surface area contributed by atoms with Gasteiger partial charge in [-0.05, 0) is 41.5 Å². The molecule has 0 saturated heterocycles. The van der Waals surface area contributed by atoms with Crippen molar-refractivity contribution in [2.45, 2.75) is 25.7 Å². The zero-order valence-electron chi connectivity index (χ0n) is 11.4. The summed E-state index contributed by atoms with van der Waals surface area (Å²) in [6.07, 6.45) is 5.59. The minimum absolute atomic E-state index is 0.0622. The fourth-order valence-corrected chi connectivity index (χ4v) is 2.57. The summed E-state index contributed by atoms with van der Waals surface area (Å²) in [5, 5.41) is 1.07. The third kappa shape index (κ3) is 2.50. The SMILES string of the molecule is CCC(Cc1ncc[nH]1)c1ccc2[nH]c(=O)ccc2c1. The molecule has 0 aliphatic heterocycles. The summed E-state index contributed by atoms with van der Waals surface area (Å²) < 4.78 is 0. The maximum absolute atomic E-state index is 11.3. The van der Waals surface area contributed by atoms with Crippen LogP contribution in [0.2, 0.25) is 0 Å². The number of pyridine rings is 1. The molecule has 0 saturated carbocycles. The van der Waals surface area contributed by atoms with Crippen LogP contribution in [0.1, 0.15) is 30.7 Å². The number of imidazole rings is 1. The molecular weight excluding hydrogens is 250 g/mol. The molecule has 4 nitrogen and oxygen atoms in total. The number of benzene rings is 1. The highest BCUT2D eigenvalue weighted by molar-refractivity contribution is 5.79. The van der Waals surface area contributed by atoms with Gasteiger partial charge in [0.1, 0.15) is 5.82 Å². The molecule has 3 rings (SSSR count). The first-order valence-electron chi connectivity index (χ1n) is 6.87. The number of nitrogens with one attached hydrogen (secondary N) is 2. The van der Waals surface area contributed by atoms with Crippen LogP contribution >= 0.6 is 0 Å². The van der Waals surface area contributed by atoms with E-state index in [0.29, 0.717) is 5.92 Å². The Bertz CT molecular complexity index is 759. The molecule has 102 valence electrons. The van der Waals surface area contributed by atoms with Crippen LogP contribution in [0, 0.1) is 0 Å². The lowest BCUT2D eigenvalue weighted by atomic mass is 9.92. The zero-order valence-corrected chi connectivity index (χ0v) is 11.4. The summed E-state index contributed by atoms with van der Waals surface area (Å²) >= 11 is 0. The maximum atomic E-state index is 11.3. The van der Waals surface area contributed by atoms with E-state index in [0.717, 1.165) is 29.6 Å². The van der Waals surface area contributed by atoms with Crippen molar-refractivity contribution >= 4 is 10.9 Å². The first-order valence-corrected chi connectivity index (χ1v) is 6.87. The van der Waals surface area contributed by atoms with E-state index in [9.17, 15) is 4.79 Å². The minimum atomic E-state index is -0.0622. The average Bonchev–Trinajstić information content (AvgIpc) is 2.97. The zero-order chi connectivity index (χ0) is 13.9. The predicted octanol–water partition coefficient (Wildman–Crippen LogP) is 2.99. The molecule has 2 aromatic heterocycles. The van der Waals surface area contributed by atoms with Gasteiger partial charge in [0.25, 0.3) is 0 Å². The van der Waals surface area contributed by atoms with E-state index in [1.807, 2.05) is 18.3 Å². The Kier molecular flexibility index (Phi) is 3.37. The summed E-state index contributed by atoms with van der Waals surface area (Å²) in [5.41, 5.74) is 2.10. The largest absolute Gasteiger partial charge is 0.349 e. The maximum Gasteiger partial charge on any atom is 0.248 e. The quantitative estimate of drug-likeness (QED) is 0.763. The van der Waals surface area contributed by atoms with Crippen LogP contribution in [0.15, 0.2) is 47.5 Å². The Morgan fingerprint density at radius 3 is 2.90 bits per heavy atom. The monoisotopic (exact) mass is 267 g/mol. The van der Waals surface area contributed by atoms with Gasteiger partial charge in [-0.25, -0.2) is 4.98 Å². The predicted molar refractivity (Wildman–Crippen MR) is 79.9 cm³/mol. The van der Waals surface area contributed by atoms with Crippen LogP contribution in [0.3, 0.4) is 0 Å². The van der Waals surface area contributed by atoms with E-state index in [4.69, 9.17) is 0 Å². The first kappa shape index (κ1) is 12.7. The van der Waals surface area contributed by atoms with E-state index in [-0.39, 0.29) is 5.56 Å². The molecule has 1 atom stereocenters. The van der Waals surface area contributed by atoms with Crippen molar-refractivity contribution in [3.8, 4) is 0 Å². The van der Waals surface area contributed by atoms with Gasteiger partial charge < -0.3 is 9.97 Å². The average molecular weight is 267 g/mol. The van der Waals surface area contributed by atoms with Gasteiger partial charge >= 0.3 is 0 Å². The van der Waals surface area contributed by atoms with Crippen LogP contribution in [0.25, 0.3) is 10.9 Å². The molecule has 0 bridgehead atoms. The van der Waals surface area contributed by atoms with Gasteiger partial charge in [-0.15, -0.1) is 0 Å². The van der Waals surface area contributed by atoms with E-state index in [2.05, 4.69) is 34.0 Å². The number of aromatic nitrogens is 3. The van der Waals surface area contributed by atoms with Gasteiger partial charge in [0.05, 0.1) is 0 Å². The molecule has 0 aliphatic carbocycles. The Morgan fingerprint density at radius 2 is 2.15 bits per heavy atom. The Hall–Kier alpha value is -2.36. The highest BCUT2D eigenvalue weighted by atomic mass is 16.1. The molecular formula is C16H17N3O. The number of aromatic amines is 2. The van der Waals surface area contributed by atoms with Gasteiger partial charge in [0.2, 0.25) is 5.56 Å². The van der Waals surface area contributed by atoms with Crippen LogP contribution in [0.4, 0.5) is 0 Å². The summed E-state index contributed by atoms with van der Waals surface area (Å²) in [5.74, 6) is 1.44. The van der Waals surface area contributed by atoms with Gasteiger partial charge in [-0.1, -0.05) is 13.0 Å². The van der Waals surface area contributed by atoms with Crippen LogP contribution in [-0.4, -0.2) is 15.0 Å². The summed E-state index contributed by atoms with van der Waals surface area (Å²) in [6.45, 7) is 2.19. The fourth-order valence-electron chi connectivity index (χ4n) is 2.57. The lowest BCUT2D eigenvalue weighted by Crippen LogP contribution is -2.05. The molecule has 20 heavy (non-hydrogen) atoms. The van der Waals surface area contributed by atoms with E-state index in [1.165, 1.54) is 5.56 Å². The van der Waals surface area contributed by atoms with E-state index >= 15 is 0 Å². The van der Waals surface area contributed by atoms with Crippen molar-refractivity contribution in [1.29, 1.82) is 0 Å². The van der Waals surface area contributed by atoms with Crippen molar-refractivity contribution in [3.63, 3.8) is 0 Å². The first-order chi connectivity index (χ1) is 9.76. The summed E-state index contributed by atoms with van der Waals surface area (Å²) in [6, 6.07) is 9.67. The molecule has 1 aromatic carbocycles. The lowest BCUT2D eigenvalue weighted by molar-refractivity contribution is 0.641. The van der Waals surface area contributed by atoms with Crippen molar-refractivity contribution < 1.29 is 0 Å². The second-order valence-corrected chi connectivity index (χ2v) is 5.01. The number of fused-ring (bicyclic) bond motifs is 1. The van der Waals surface area contributed by atoms with Crippen LogP contribution in [0.5, 0.6) is 0 Å². The molecule has 0 radical (unpaired) electrons. The summed E-state index contributed by atoms with van der Waals surface area (Å²) in [4.78, 5) is 21.6. The number of hydrogen-bond acceptors (Lipinski definition) is 2. The topological polar surface area (TPSA) is 61.5 Å². The Labute approximate surface area is 116 Å². The molecule has 0 amide bonds.